The van der Waals surface area contributed by atoms with Crippen molar-refractivity contribution in [3.63, 3.8) is 0 Å². The Morgan fingerprint density at radius 3 is 2.47 bits per heavy atom. The third-order valence-corrected chi connectivity index (χ3v) is 4.46. The quantitative estimate of drug-likeness (QED) is 0.713. The van der Waals surface area contributed by atoms with Crippen molar-refractivity contribution in [3.8, 4) is 0 Å². The molecule has 1 aliphatic rings. The highest BCUT2D eigenvalue weighted by Gasteiger charge is 2.26. The molecule has 2 unspecified atom stereocenters. The van der Waals surface area contributed by atoms with E-state index in [0.29, 0.717) is 12.6 Å². The number of hydrogen-bond donors (Lipinski definition) is 0. The molecule has 0 radical (unpaired) electrons. The molecule has 0 aromatic carbocycles. The van der Waals surface area contributed by atoms with Crippen LogP contribution in [-0.4, -0.2) is 50.3 Å². The van der Waals surface area contributed by atoms with E-state index in [0.717, 1.165) is 12.8 Å². The zero-order chi connectivity index (χ0) is 11.5. The highest BCUT2D eigenvalue weighted by atomic mass is 35.5. The normalized spacial score (nSPS) is 28.3. The maximum Gasteiger partial charge on any atom is 0.148 e. The molecule has 5 heteroatoms. The molecule has 0 heterocycles. The average molecular weight is 254 g/mol. The molecule has 0 N–H and O–H groups in total. The Morgan fingerprint density at radius 1 is 1.33 bits per heavy atom. The fourth-order valence-corrected chi connectivity index (χ4v) is 3.13. The van der Waals surface area contributed by atoms with Crippen molar-refractivity contribution in [1.29, 1.82) is 0 Å². The van der Waals surface area contributed by atoms with Gasteiger partial charge in [-0.1, -0.05) is 12.8 Å². The summed E-state index contributed by atoms with van der Waals surface area (Å²) in [4.78, 5) is 2.10. The summed E-state index contributed by atoms with van der Waals surface area (Å²) in [5.74, 6) is 0.226. The molecule has 1 saturated carbocycles. The van der Waals surface area contributed by atoms with Crippen molar-refractivity contribution < 1.29 is 8.42 Å². The third-order valence-electron chi connectivity index (χ3n) is 3.03. The summed E-state index contributed by atoms with van der Waals surface area (Å²) in [6, 6.07) is 0.349. The topological polar surface area (TPSA) is 37.4 Å². The van der Waals surface area contributed by atoms with Gasteiger partial charge in [-0.05, 0) is 19.9 Å². The van der Waals surface area contributed by atoms with Gasteiger partial charge in [0, 0.05) is 24.2 Å². The Kier molecular flexibility index (Phi) is 4.87. The summed E-state index contributed by atoms with van der Waals surface area (Å²) < 4.78 is 22.1. The maximum atomic E-state index is 11.0. The number of alkyl halides is 1. The molecule has 0 aromatic rings. The lowest BCUT2D eigenvalue weighted by molar-refractivity contribution is 0.205. The number of halogens is 1. The molecule has 15 heavy (non-hydrogen) atoms. The minimum absolute atomic E-state index is 0.184. The van der Waals surface area contributed by atoms with E-state index in [1.54, 1.807) is 0 Å². The summed E-state index contributed by atoms with van der Waals surface area (Å²) in [6.45, 7) is 0.590. The van der Waals surface area contributed by atoms with Crippen molar-refractivity contribution in [2.45, 2.75) is 37.1 Å². The maximum absolute atomic E-state index is 11.0. The Balaban J connectivity index is 2.41. The molecule has 1 aliphatic carbocycles. The molecule has 0 aliphatic heterocycles. The molecule has 1 rings (SSSR count). The van der Waals surface area contributed by atoms with E-state index in [9.17, 15) is 8.42 Å². The van der Waals surface area contributed by atoms with Crippen LogP contribution in [0.4, 0.5) is 0 Å². The van der Waals surface area contributed by atoms with Gasteiger partial charge in [-0.15, -0.1) is 11.6 Å². The second-order valence-corrected chi connectivity index (χ2v) is 7.30. The van der Waals surface area contributed by atoms with Crippen LogP contribution < -0.4 is 0 Å². The Labute approximate surface area is 97.7 Å². The lowest BCUT2D eigenvalue weighted by Gasteiger charge is -2.34. The Hall–Kier alpha value is 0.200. The number of hydrogen-bond acceptors (Lipinski definition) is 3. The van der Waals surface area contributed by atoms with Gasteiger partial charge in [-0.25, -0.2) is 8.42 Å². The first kappa shape index (κ1) is 13.3. The van der Waals surface area contributed by atoms with Crippen molar-refractivity contribution in [1.82, 2.24) is 4.90 Å². The lowest BCUT2D eigenvalue weighted by Crippen LogP contribution is -2.42. The minimum Gasteiger partial charge on any atom is -0.301 e. The van der Waals surface area contributed by atoms with Crippen LogP contribution >= 0.6 is 11.6 Å². The summed E-state index contributed by atoms with van der Waals surface area (Å²) in [6.07, 6.45) is 5.82. The van der Waals surface area contributed by atoms with Crippen molar-refractivity contribution in [2.24, 2.45) is 0 Å². The van der Waals surface area contributed by atoms with Gasteiger partial charge in [-0.3, -0.25) is 0 Å². The number of rotatable bonds is 4. The van der Waals surface area contributed by atoms with E-state index in [4.69, 9.17) is 11.6 Å². The second kappa shape index (κ2) is 5.51. The Morgan fingerprint density at radius 2 is 1.93 bits per heavy atom. The summed E-state index contributed by atoms with van der Waals surface area (Å²) in [5.41, 5.74) is 0. The fourth-order valence-electron chi connectivity index (χ4n) is 2.04. The molecule has 3 nitrogen and oxygen atoms in total. The van der Waals surface area contributed by atoms with Crippen LogP contribution in [0.2, 0.25) is 0 Å². The van der Waals surface area contributed by atoms with E-state index in [2.05, 4.69) is 4.90 Å². The van der Waals surface area contributed by atoms with Crippen molar-refractivity contribution >= 4 is 21.4 Å². The highest BCUT2D eigenvalue weighted by Crippen LogP contribution is 2.26. The van der Waals surface area contributed by atoms with Gasteiger partial charge in [0.15, 0.2) is 0 Å². The summed E-state index contributed by atoms with van der Waals surface area (Å²) in [7, 11) is -0.891. The largest absolute Gasteiger partial charge is 0.301 e. The molecular weight excluding hydrogens is 234 g/mol. The first-order chi connectivity index (χ1) is 6.90. The van der Waals surface area contributed by atoms with Crippen LogP contribution in [0, 0.1) is 0 Å². The predicted octanol–water partition coefficient (Wildman–Crippen LogP) is 1.51. The third kappa shape index (κ3) is 4.70. The summed E-state index contributed by atoms with van der Waals surface area (Å²) >= 11 is 6.24. The zero-order valence-electron chi connectivity index (χ0n) is 9.45. The Bertz CT molecular complexity index is 292. The van der Waals surface area contributed by atoms with Crippen molar-refractivity contribution in [3.05, 3.63) is 0 Å². The smallest absolute Gasteiger partial charge is 0.148 e. The van der Waals surface area contributed by atoms with Crippen LogP contribution in [0.3, 0.4) is 0 Å². The SMILES string of the molecule is CN(CCS(C)(=O)=O)C1CCCCC1Cl. The first-order valence-electron chi connectivity index (χ1n) is 5.42. The zero-order valence-corrected chi connectivity index (χ0v) is 11.0. The standard InChI is InChI=1S/C10H20ClNO2S/c1-12(7-8-15(2,13)14)10-6-4-3-5-9(10)11/h9-10H,3-8H2,1-2H3. The minimum atomic E-state index is -2.86. The van der Waals surface area contributed by atoms with Crippen molar-refractivity contribution in [2.75, 3.05) is 25.6 Å². The van der Waals surface area contributed by atoms with Crippen LogP contribution in [0.25, 0.3) is 0 Å². The molecule has 0 bridgehead atoms. The van der Waals surface area contributed by atoms with E-state index < -0.39 is 9.84 Å². The average Bonchev–Trinajstić information content (AvgIpc) is 2.14. The molecule has 1 fully saturated rings. The van der Waals surface area contributed by atoms with Gasteiger partial charge in [-0.2, -0.15) is 0 Å². The number of nitrogens with zero attached hydrogens (tertiary/aromatic N) is 1. The molecule has 0 aromatic heterocycles. The van der Waals surface area contributed by atoms with E-state index in [1.165, 1.54) is 19.1 Å². The van der Waals surface area contributed by atoms with Gasteiger partial charge in [0.05, 0.1) is 5.75 Å². The van der Waals surface area contributed by atoms with E-state index >= 15 is 0 Å². The molecule has 0 saturated heterocycles. The lowest BCUT2D eigenvalue weighted by atomic mass is 9.94. The van der Waals surface area contributed by atoms with Gasteiger partial charge in [0.1, 0.15) is 9.84 Å². The highest BCUT2D eigenvalue weighted by molar-refractivity contribution is 7.90. The molecule has 90 valence electrons. The molecule has 0 amide bonds. The van der Waals surface area contributed by atoms with E-state index in [-0.39, 0.29) is 11.1 Å². The summed E-state index contributed by atoms with van der Waals surface area (Å²) in [5, 5.41) is 0.184. The molecular formula is C10H20ClNO2S. The first-order valence-corrected chi connectivity index (χ1v) is 7.92. The fraction of sp³-hybridized carbons (Fsp3) is 1.00. The van der Waals surface area contributed by atoms with Gasteiger partial charge >= 0.3 is 0 Å². The number of sulfone groups is 1. The van der Waals surface area contributed by atoms with E-state index in [1.807, 2.05) is 7.05 Å². The predicted molar refractivity (Wildman–Crippen MR) is 64.2 cm³/mol. The van der Waals surface area contributed by atoms with Crippen LogP contribution in [0.1, 0.15) is 25.7 Å². The van der Waals surface area contributed by atoms with Gasteiger partial charge in [0.25, 0.3) is 0 Å². The van der Waals surface area contributed by atoms with Gasteiger partial charge in [0.2, 0.25) is 0 Å². The molecule has 2 atom stereocenters. The van der Waals surface area contributed by atoms with Crippen LogP contribution in [0.15, 0.2) is 0 Å². The van der Waals surface area contributed by atoms with Crippen LogP contribution in [0.5, 0.6) is 0 Å². The van der Waals surface area contributed by atoms with Crippen LogP contribution in [-0.2, 0) is 9.84 Å². The molecule has 0 spiro atoms. The second-order valence-electron chi connectivity index (χ2n) is 4.48. The van der Waals surface area contributed by atoms with Gasteiger partial charge < -0.3 is 4.90 Å². The monoisotopic (exact) mass is 253 g/mol.